The Bertz CT molecular complexity index is 1100. The molecule has 0 amide bonds. The molecule has 2 saturated carbocycles. The summed E-state index contributed by atoms with van der Waals surface area (Å²) in [7, 11) is 0. The summed E-state index contributed by atoms with van der Waals surface area (Å²) in [6, 6.07) is 16.6. The monoisotopic (exact) mass is 453 g/mol. The zero-order valence-electron chi connectivity index (χ0n) is 16.7. The number of thiophene rings is 1. The summed E-state index contributed by atoms with van der Waals surface area (Å²) in [5.74, 6) is 0.447. The summed E-state index contributed by atoms with van der Waals surface area (Å²) in [5.41, 5.74) is 3.89. The van der Waals surface area contributed by atoms with E-state index in [0.29, 0.717) is 11.5 Å². The highest BCUT2D eigenvalue weighted by Crippen LogP contribution is 2.47. The SMILES string of the molecule is CSc1ccc(-c2ccc(C3CC3)s2)c(NSc2cc(C(=O)O)ccc2C2CC2)c1. The van der Waals surface area contributed by atoms with Gasteiger partial charge in [-0.2, -0.15) is 0 Å². The normalized spacial score (nSPS) is 15.9. The number of carboxylic acids is 1. The highest BCUT2D eigenvalue weighted by Gasteiger charge is 2.27. The highest BCUT2D eigenvalue weighted by molar-refractivity contribution is 8.00. The second kappa shape index (κ2) is 8.33. The van der Waals surface area contributed by atoms with E-state index < -0.39 is 5.97 Å². The number of carboxylic acid groups (broad SMARTS) is 1. The minimum atomic E-state index is -0.879. The van der Waals surface area contributed by atoms with Crippen LogP contribution in [-0.2, 0) is 0 Å². The van der Waals surface area contributed by atoms with Gasteiger partial charge in [-0.1, -0.05) is 12.1 Å². The van der Waals surface area contributed by atoms with Crippen molar-refractivity contribution in [3.05, 3.63) is 64.5 Å². The van der Waals surface area contributed by atoms with Crippen LogP contribution in [0, 0.1) is 0 Å². The number of nitrogens with one attached hydrogen (secondary N) is 1. The summed E-state index contributed by atoms with van der Waals surface area (Å²) >= 11 is 5.16. The van der Waals surface area contributed by atoms with Crippen molar-refractivity contribution in [1.29, 1.82) is 0 Å². The molecule has 1 heterocycles. The highest BCUT2D eigenvalue weighted by atomic mass is 32.2. The van der Waals surface area contributed by atoms with E-state index in [0.717, 1.165) is 16.5 Å². The van der Waals surface area contributed by atoms with Crippen LogP contribution in [0.5, 0.6) is 0 Å². The van der Waals surface area contributed by atoms with Crippen LogP contribution in [0.15, 0.2) is 58.3 Å². The molecule has 0 aliphatic heterocycles. The second-order valence-electron chi connectivity index (χ2n) is 7.92. The smallest absolute Gasteiger partial charge is 0.335 e. The number of aromatic carboxylic acids is 1. The average Bonchev–Trinajstić information content (AvgIpc) is 3.70. The van der Waals surface area contributed by atoms with Crippen molar-refractivity contribution in [3.8, 4) is 10.4 Å². The molecule has 1 aromatic heterocycles. The lowest BCUT2D eigenvalue weighted by atomic mass is 10.1. The van der Waals surface area contributed by atoms with Crippen molar-refractivity contribution >= 4 is 46.7 Å². The summed E-state index contributed by atoms with van der Waals surface area (Å²) in [5, 5.41) is 9.42. The molecule has 0 radical (unpaired) electrons. The predicted octanol–water partition coefficient (Wildman–Crippen LogP) is 7.71. The van der Waals surface area contributed by atoms with Gasteiger partial charge in [-0.15, -0.1) is 23.1 Å². The number of hydrogen-bond acceptors (Lipinski definition) is 5. The lowest BCUT2D eigenvalue weighted by Gasteiger charge is -2.14. The molecule has 2 aliphatic rings. The molecule has 3 aromatic rings. The van der Waals surface area contributed by atoms with E-state index in [4.69, 9.17) is 0 Å². The number of rotatable bonds is 8. The minimum Gasteiger partial charge on any atom is -0.478 e. The molecular weight excluding hydrogens is 430 g/mol. The topological polar surface area (TPSA) is 49.3 Å². The minimum absolute atomic E-state index is 0.342. The molecule has 0 bridgehead atoms. The first-order valence-electron chi connectivity index (χ1n) is 10.2. The maximum absolute atomic E-state index is 11.5. The second-order valence-corrected chi connectivity index (χ2v) is 10.8. The van der Waals surface area contributed by atoms with Gasteiger partial charge in [0, 0.05) is 25.1 Å². The van der Waals surface area contributed by atoms with Gasteiger partial charge in [0.15, 0.2) is 0 Å². The molecule has 0 saturated heterocycles. The quantitative estimate of drug-likeness (QED) is 0.270. The van der Waals surface area contributed by atoms with Crippen LogP contribution in [0.3, 0.4) is 0 Å². The van der Waals surface area contributed by atoms with Crippen molar-refractivity contribution in [2.45, 2.75) is 47.3 Å². The molecule has 6 heteroatoms. The van der Waals surface area contributed by atoms with Gasteiger partial charge in [0.25, 0.3) is 0 Å². The van der Waals surface area contributed by atoms with Crippen LogP contribution < -0.4 is 4.72 Å². The van der Waals surface area contributed by atoms with E-state index >= 15 is 0 Å². The van der Waals surface area contributed by atoms with Crippen molar-refractivity contribution in [3.63, 3.8) is 0 Å². The zero-order chi connectivity index (χ0) is 20.7. The number of thioether (sulfide) groups is 1. The number of benzene rings is 2. The van der Waals surface area contributed by atoms with Gasteiger partial charge in [-0.3, -0.25) is 0 Å². The Morgan fingerprint density at radius 1 is 1.03 bits per heavy atom. The van der Waals surface area contributed by atoms with Gasteiger partial charge < -0.3 is 9.83 Å². The number of carbonyl (C=O) groups is 1. The Labute approximate surface area is 189 Å². The van der Waals surface area contributed by atoms with Gasteiger partial charge in [0.2, 0.25) is 0 Å². The standard InChI is InChI=1S/C24H23NO2S3/c1-28-17-7-9-19(22-11-10-21(29-22)15-4-5-15)20(13-17)25-30-23-12-16(24(26)27)6-8-18(23)14-2-3-14/h6-15,25H,2-5H2,1H3,(H,26,27). The molecule has 2 aromatic carbocycles. The van der Waals surface area contributed by atoms with E-state index in [2.05, 4.69) is 41.3 Å². The molecule has 2 N–H and O–H groups in total. The molecule has 30 heavy (non-hydrogen) atoms. The van der Waals surface area contributed by atoms with Crippen molar-refractivity contribution in [1.82, 2.24) is 0 Å². The van der Waals surface area contributed by atoms with Crippen LogP contribution in [0.4, 0.5) is 5.69 Å². The Balaban J connectivity index is 1.45. The molecule has 2 aliphatic carbocycles. The summed E-state index contributed by atoms with van der Waals surface area (Å²) in [6.07, 6.45) is 7.09. The zero-order valence-corrected chi connectivity index (χ0v) is 19.1. The Kier molecular flexibility index (Phi) is 5.56. The molecule has 2 fully saturated rings. The fourth-order valence-corrected chi connectivity index (χ4v) is 6.22. The molecule has 0 atom stereocenters. The fourth-order valence-electron chi connectivity index (χ4n) is 3.63. The largest absolute Gasteiger partial charge is 0.478 e. The first kappa shape index (κ1) is 20.0. The van der Waals surface area contributed by atoms with Crippen LogP contribution in [0.1, 0.15) is 58.3 Å². The molecule has 3 nitrogen and oxygen atoms in total. The van der Waals surface area contributed by atoms with E-state index in [9.17, 15) is 9.90 Å². The van der Waals surface area contributed by atoms with Crippen molar-refractivity contribution in [2.75, 3.05) is 11.0 Å². The maximum Gasteiger partial charge on any atom is 0.335 e. The number of hydrogen-bond donors (Lipinski definition) is 2. The average molecular weight is 454 g/mol. The molecule has 0 unspecified atom stereocenters. The van der Waals surface area contributed by atoms with E-state index in [1.165, 1.54) is 63.4 Å². The maximum atomic E-state index is 11.5. The van der Waals surface area contributed by atoms with Gasteiger partial charge in [0.05, 0.1) is 11.3 Å². The lowest BCUT2D eigenvalue weighted by Crippen LogP contribution is -1.99. The van der Waals surface area contributed by atoms with Crippen molar-refractivity contribution < 1.29 is 9.90 Å². The third-order valence-corrected chi connectivity index (χ3v) is 8.55. The fraction of sp³-hybridized carbons (Fsp3) is 0.292. The molecule has 154 valence electrons. The van der Waals surface area contributed by atoms with Crippen LogP contribution >= 0.6 is 35.0 Å². The Morgan fingerprint density at radius 2 is 1.83 bits per heavy atom. The van der Waals surface area contributed by atoms with Gasteiger partial charge in [-0.25, -0.2) is 4.79 Å². The van der Waals surface area contributed by atoms with Crippen LogP contribution in [0.2, 0.25) is 0 Å². The van der Waals surface area contributed by atoms with Crippen LogP contribution in [-0.4, -0.2) is 17.3 Å². The van der Waals surface area contributed by atoms with Crippen LogP contribution in [0.25, 0.3) is 10.4 Å². The van der Waals surface area contributed by atoms with Gasteiger partial charge >= 0.3 is 5.97 Å². The van der Waals surface area contributed by atoms with Gasteiger partial charge in [0.1, 0.15) is 0 Å². The molecular formula is C24H23NO2S3. The lowest BCUT2D eigenvalue weighted by molar-refractivity contribution is 0.0696. The van der Waals surface area contributed by atoms with E-state index in [1.54, 1.807) is 17.8 Å². The summed E-state index contributed by atoms with van der Waals surface area (Å²) in [4.78, 5) is 16.5. The van der Waals surface area contributed by atoms with Gasteiger partial charge in [-0.05, 0) is 97.7 Å². The van der Waals surface area contributed by atoms with E-state index in [1.807, 2.05) is 23.5 Å². The Hall–Kier alpha value is -1.89. The molecule has 5 rings (SSSR count). The first-order chi connectivity index (χ1) is 14.6. The van der Waals surface area contributed by atoms with E-state index in [-0.39, 0.29) is 0 Å². The molecule has 0 spiro atoms. The summed E-state index contributed by atoms with van der Waals surface area (Å²) in [6.45, 7) is 0. The first-order valence-corrected chi connectivity index (χ1v) is 13.1. The Morgan fingerprint density at radius 3 is 2.53 bits per heavy atom. The number of anilines is 1. The predicted molar refractivity (Wildman–Crippen MR) is 128 cm³/mol. The van der Waals surface area contributed by atoms with Crippen molar-refractivity contribution in [2.24, 2.45) is 0 Å². The third-order valence-electron chi connectivity index (χ3n) is 5.65. The summed E-state index contributed by atoms with van der Waals surface area (Å²) < 4.78 is 3.56. The third kappa shape index (κ3) is 4.27.